The first kappa shape index (κ1) is 12.0. The average molecular weight is 219 g/mol. The first-order valence-corrected chi connectivity index (χ1v) is 4.80. The number of benzene rings is 1. The van der Waals surface area contributed by atoms with Crippen molar-refractivity contribution in [3.05, 3.63) is 48.2 Å². The molecule has 0 fully saturated rings. The molecule has 0 aliphatic heterocycles. The Bertz CT molecular complexity index is 398. The molecule has 0 atom stereocenters. The van der Waals surface area contributed by atoms with Crippen molar-refractivity contribution in [2.75, 3.05) is 7.11 Å². The maximum atomic E-state index is 11.9. The van der Waals surface area contributed by atoms with Gasteiger partial charge in [-0.2, -0.15) is 0 Å². The number of hydrogen-bond acceptors (Lipinski definition) is 3. The van der Waals surface area contributed by atoms with Gasteiger partial charge in [-0.05, 0) is 19.1 Å². The summed E-state index contributed by atoms with van der Waals surface area (Å²) in [5.41, 5.74) is 0.436. The standard InChI is InChI=1S/C12H13NO3/c1-3-9-13(12(15)16-2)11(14)10-7-5-4-6-8-10/h3-9H,1-2H3/b9-3+. The van der Waals surface area contributed by atoms with Gasteiger partial charge in [0.05, 0.1) is 7.11 Å². The fourth-order valence-corrected chi connectivity index (χ4v) is 1.18. The molecule has 84 valence electrons. The Morgan fingerprint density at radius 1 is 1.25 bits per heavy atom. The number of carbonyl (C=O) groups excluding carboxylic acids is 2. The second kappa shape index (κ2) is 5.70. The van der Waals surface area contributed by atoms with Crippen molar-refractivity contribution in [2.45, 2.75) is 6.92 Å². The maximum absolute atomic E-state index is 11.9. The highest BCUT2D eigenvalue weighted by Gasteiger charge is 2.20. The summed E-state index contributed by atoms with van der Waals surface area (Å²) in [5, 5.41) is 0. The number of nitrogens with zero attached hydrogens (tertiary/aromatic N) is 1. The highest BCUT2D eigenvalue weighted by atomic mass is 16.5. The number of imide groups is 1. The summed E-state index contributed by atoms with van der Waals surface area (Å²) in [6.07, 6.45) is 2.27. The quantitative estimate of drug-likeness (QED) is 0.767. The van der Waals surface area contributed by atoms with E-state index in [4.69, 9.17) is 0 Å². The van der Waals surface area contributed by atoms with Crippen molar-refractivity contribution in [2.24, 2.45) is 0 Å². The van der Waals surface area contributed by atoms with Gasteiger partial charge in [0.15, 0.2) is 0 Å². The molecule has 0 radical (unpaired) electrons. The van der Waals surface area contributed by atoms with E-state index >= 15 is 0 Å². The van der Waals surface area contributed by atoms with Gasteiger partial charge in [0.25, 0.3) is 5.91 Å². The van der Waals surface area contributed by atoms with Crippen LogP contribution in [0.4, 0.5) is 4.79 Å². The number of rotatable bonds is 2. The Hall–Kier alpha value is -2.10. The second-order valence-corrected chi connectivity index (χ2v) is 2.99. The molecule has 0 N–H and O–H groups in total. The van der Waals surface area contributed by atoms with Gasteiger partial charge in [-0.3, -0.25) is 4.79 Å². The summed E-state index contributed by atoms with van der Waals surface area (Å²) in [6.45, 7) is 1.72. The maximum Gasteiger partial charge on any atom is 0.420 e. The third kappa shape index (κ3) is 2.70. The number of ether oxygens (including phenoxy) is 1. The Kier molecular flexibility index (Phi) is 4.27. The van der Waals surface area contributed by atoms with Crippen LogP contribution >= 0.6 is 0 Å². The molecule has 1 aromatic carbocycles. The van der Waals surface area contributed by atoms with E-state index in [0.717, 1.165) is 4.90 Å². The molecule has 0 aliphatic rings. The minimum absolute atomic E-state index is 0.412. The summed E-state index contributed by atoms with van der Waals surface area (Å²) < 4.78 is 4.52. The number of allylic oxidation sites excluding steroid dienone is 1. The van der Waals surface area contributed by atoms with Crippen LogP contribution in [0, 0.1) is 0 Å². The summed E-state index contributed by atoms with van der Waals surface area (Å²) in [5.74, 6) is -0.412. The first-order chi connectivity index (χ1) is 7.70. The van der Waals surface area contributed by atoms with Gasteiger partial charge < -0.3 is 4.74 Å². The van der Waals surface area contributed by atoms with Gasteiger partial charge in [0.2, 0.25) is 0 Å². The van der Waals surface area contributed by atoms with Crippen LogP contribution in [-0.2, 0) is 4.74 Å². The van der Waals surface area contributed by atoms with Crippen molar-refractivity contribution in [1.82, 2.24) is 4.90 Å². The van der Waals surface area contributed by atoms with Crippen molar-refractivity contribution >= 4 is 12.0 Å². The molecule has 0 aromatic heterocycles. The lowest BCUT2D eigenvalue weighted by Gasteiger charge is -2.14. The molecule has 1 rings (SSSR count). The predicted molar refractivity (Wildman–Crippen MR) is 59.8 cm³/mol. The van der Waals surface area contributed by atoms with Crippen LogP contribution in [0.25, 0.3) is 0 Å². The van der Waals surface area contributed by atoms with E-state index in [-0.39, 0.29) is 0 Å². The minimum atomic E-state index is -0.702. The second-order valence-electron chi connectivity index (χ2n) is 2.99. The van der Waals surface area contributed by atoms with Gasteiger partial charge in [0.1, 0.15) is 0 Å². The van der Waals surface area contributed by atoms with Crippen LogP contribution in [0.5, 0.6) is 0 Å². The Labute approximate surface area is 94.1 Å². The molecule has 1 aromatic rings. The summed E-state index contributed by atoms with van der Waals surface area (Å²) >= 11 is 0. The lowest BCUT2D eigenvalue weighted by atomic mass is 10.2. The lowest BCUT2D eigenvalue weighted by molar-refractivity contribution is 0.0782. The van der Waals surface area contributed by atoms with Crippen LogP contribution in [0.15, 0.2) is 42.6 Å². The molecular formula is C12H13NO3. The Balaban J connectivity index is 2.96. The molecule has 0 aliphatic carbocycles. The molecule has 0 unspecified atom stereocenters. The average Bonchev–Trinajstić information content (AvgIpc) is 2.35. The van der Waals surface area contributed by atoms with Gasteiger partial charge >= 0.3 is 6.09 Å². The molecular weight excluding hydrogens is 206 g/mol. The highest BCUT2D eigenvalue weighted by molar-refractivity contribution is 6.03. The number of hydrogen-bond donors (Lipinski definition) is 0. The zero-order chi connectivity index (χ0) is 12.0. The SMILES string of the molecule is C/C=C/N(C(=O)OC)C(=O)c1ccccc1. The summed E-state index contributed by atoms with van der Waals surface area (Å²) in [7, 11) is 1.23. The largest absolute Gasteiger partial charge is 0.452 e. The van der Waals surface area contributed by atoms with Crippen LogP contribution in [0.1, 0.15) is 17.3 Å². The molecule has 2 amide bonds. The normalized spacial score (nSPS) is 10.1. The number of amides is 2. The zero-order valence-corrected chi connectivity index (χ0v) is 9.21. The smallest absolute Gasteiger partial charge is 0.420 e. The lowest BCUT2D eigenvalue weighted by Crippen LogP contribution is -2.32. The number of carbonyl (C=O) groups is 2. The van der Waals surface area contributed by atoms with Crippen LogP contribution in [0.3, 0.4) is 0 Å². The van der Waals surface area contributed by atoms with Crippen LogP contribution in [-0.4, -0.2) is 24.0 Å². The Morgan fingerprint density at radius 2 is 1.88 bits per heavy atom. The molecule has 0 saturated carbocycles. The van der Waals surface area contributed by atoms with Crippen LogP contribution < -0.4 is 0 Å². The zero-order valence-electron chi connectivity index (χ0n) is 9.21. The van der Waals surface area contributed by atoms with E-state index in [1.165, 1.54) is 13.3 Å². The first-order valence-electron chi connectivity index (χ1n) is 4.80. The van der Waals surface area contributed by atoms with Gasteiger partial charge in [-0.1, -0.05) is 24.3 Å². The molecule has 0 spiro atoms. The Morgan fingerprint density at radius 3 is 2.38 bits per heavy atom. The van der Waals surface area contributed by atoms with E-state index in [9.17, 15) is 9.59 Å². The summed E-state index contributed by atoms with van der Waals surface area (Å²) in [4.78, 5) is 24.2. The molecule has 4 heteroatoms. The van der Waals surface area contributed by atoms with Gasteiger partial charge in [0, 0.05) is 11.8 Å². The van der Waals surface area contributed by atoms with Crippen molar-refractivity contribution < 1.29 is 14.3 Å². The van der Waals surface area contributed by atoms with Crippen molar-refractivity contribution in [3.63, 3.8) is 0 Å². The molecule has 4 nitrogen and oxygen atoms in total. The van der Waals surface area contributed by atoms with E-state index in [1.807, 2.05) is 0 Å². The van der Waals surface area contributed by atoms with Gasteiger partial charge in [-0.15, -0.1) is 0 Å². The predicted octanol–water partition coefficient (Wildman–Crippen LogP) is 2.43. The van der Waals surface area contributed by atoms with Crippen molar-refractivity contribution in [1.29, 1.82) is 0 Å². The molecule has 0 heterocycles. The molecule has 0 bridgehead atoms. The van der Waals surface area contributed by atoms with E-state index in [0.29, 0.717) is 5.56 Å². The monoisotopic (exact) mass is 219 g/mol. The topological polar surface area (TPSA) is 46.6 Å². The van der Waals surface area contributed by atoms with E-state index in [1.54, 1.807) is 43.3 Å². The van der Waals surface area contributed by atoms with Crippen LogP contribution in [0.2, 0.25) is 0 Å². The molecule has 0 saturated heterocycles. The van der Waals surface area contributed by atoms with E-state index in [2.05, 4.69) is 4.74 Å². The van der Waals surface area contributed by atoms with E-state index < -0.39 is 12.0 Å². The fraction of sp³-hybridized carbons (Fsp3) is 0.167. The number of methoxy groups -OCH3 is 1. The third-order valence-corrected chi connectivity index (χ3v) is 1.91. The fourth-order valence-electron chi connectivity index (χ4n) is 1.18. The highest BCUT2D eigenvalue weighted by Crippen LogP contribution is 2.06. The third-order valence-electron chi connectivity index (χ3n) is 1.91. The summed E-state index contributed by atoms with van der Waals surface area (Å²) in [6, 6.07) is 8.55. The minimum Gasteiger partial charge on any atom is -0.452 e. The van der Waals surface area contributed by atoms with Gasteiger partial charge in [-0.25, -0.2) is 9.69 Å². The molecule has 16 heavy (non-hydrogen) atoms. The van der Waals surface area contributed by atoms with Crippen molar-refractivity contribution in [3.8, 4) is 0 Å².